The molecule has 3 rings (SSSR count). The Morgan fingerprint density at radius 2 is 2.12 bits per heavy atom. The van der Waals surface area contributed by atoms with E-state index in [1.54, 1.807) is 23.0 Å². The smallest absolute Gasteiger partial charge is 0.155 e. The third-order valence-electron chi connectivity index (χ3n) is 2.35. The van der Waals surface area contributed by atoms with E-state index in [1.165, 1.54) is 6.07 Å². The van der Waals surface area contributed by atoms with Gasteiger partial charge in [0, 0.05) is 6.07 Å². The molecule has 2 aromatic heterocycles. The molecule has 3 nitrogen and oxygen atoms in total. The van der Waals surface area contributed by atoms with Gasteiger partial charge in [-0.3, -0.25) is 4.40 Å². The molecular weight excluding hydrogens is 296 g/mol. The van der Waals surface area contributed by atoms with Crippen LogP contribution >= 0.6 is 27.5 Å². The molecule has 0 atom stereocenters. The molecule has 1 aromatic carbocycles. The van der Waals surface area contributed by atoms with Crippen molar-refractivity contribution in [2.45, 2.75) is 0 Å². The molecule has 0 saturated heterocycles. The highest BCUT2D eigenvalue weighted by atomic mass is 79.9. The quantitative estimate of drug-likeness (QED) is 0.636. The van der Waals surface area contributed by atoms with Gasteiger partial charge in [-0.25, -0.2) is 14.4 Å². The maximum atomic E-state index is 13.4. The van der Waals surface area contributed by atoms with Crippen molar-refractivity contribution in [1.82, 2.24) is 14.4 Å². The highest BCUT2D eigenvalue weighted by Gasteiger charge is 2.09. The third kappa shape index (κ3) is 1.32. The minimum absolute atomic E-state index is 0.312. The minimum atomic E-state index is -0.365. The molecule has 16 heavy (non-hydrogen) atoms. The average Bonchev–Trinajstić information content (AvgIpc) is 2.71. The van der Waals surface area contributed by atoms with Crippen LogP contribution in [0.15, 0.2) is 29.1 Å². The summed E-state index contributed by atoms with van der Waals surface area (Å²) in [6, 6.07) is 2.99. The zero-order chi connectivity index (χ0) is 11.3. The molecule has 0 aliphatic heterocycles. The van der Waals surface area contributed by atoms with E-state index in [0.717, 1.165) is 5.52 Å². The number of benzene rings is 1. The Hall–Kier alpha value is -1.20. The molecular formula is C10H4BrClFN3. The van der Waals surface area contributed by atoms with E-state index < -0.39 is 0 Å². The van der Waals surface area contributed by atoms with Crippen molar-refractivity contribution < 1.29 is 4.39 Å². The number of halogens is 3. The number of rotatable bonds is 0. The van der Waals surface area contributed by atoms with Gasteiger partial charge in [0.2, 0.25) is 0 Å². The van der Waals surface area contributed by atoms with E-state index in [9.17, 15) is 4.39 Å². The Kier molecular flexibility index (Phi) is 2.12. The van der Waals surface area contributed by atoms with Crippen LogP contribution in [0.3, 0.4) is 0 Å². The van der Waals surface area contributed by atoms with E-state index in [2.05, 4.69) is 25.9 Å². The van der Waals surface area contributed by atoms with Gasteiger partial charge in [0.05, 0.1) is 28.0 Å². The van der Waals surface area contributed by atoms with Crippen molar-refractivity contribution >= 4 is 44.1 Å². The van der Waals surface area contributed by atoms with Crippen LogP contribution < -0.4 is 0 Å². The van der Waals surface area contributed by atoms with Crippen LogP contribution in [0.5, 0.6) is 0 Å². The fraction of sp³-hybridized carbons (Fsp3) is 0. The first-order valence-corrected chi connectivity index (χ1v) is 5.60. The zero-order valence-electron chi connectivity index (χ0n) is 7.78. The predicted molar refractivity (Wildman–Crippen MR) is 63.2 cm³/mol. The second kappa shape index (κ2) is 3.40. The Bertz CT molecular complexity index is 710. The van der Waals surface area contributed by atoms with Gasteiger partial charge in [-0.15, -0.1) is 0 Å². The van der Waals surface area contributed by atoms with E-state index >= 15 is 0 Å². The van der Waals surface area contributed by atoms with Gasteiger partial charge in [-0.2, -0.15) is 0 Å². The lowest BCUT2D eigenvalue weighted by Crippen LogP contribution is -1.92. The summed E-state index contributed by atoms with van der Waals surface area (Å²) in [6.45, 7) is 0. The van der Waals surface area contributed by atoms with Crippen LogP contribution in [0.1, 0.15) is 0 Å². The van der Waals surface area contributed by atoms with Gasteiger partial charge in [0.15, 0.2) is 5.15 Å². The van der Waals surface area contributed by atoms with Crippen molar-refractivity contribution in [2.75, 3.05) is 0 Å². The molecule has 3 aromatic rings. The van der Waals surface area contributed by atoms with Crippen LogP contribution in [0.25, 0.3) is 16.6 Å². The van der Waals surface area contributed by atoms with Crippen LogP contribution in [0.4, 0.5) is 4.39 Å². The van der Waals surface area contributed by atoms with Crippen molar-refractivity contribution in [1.29, 1.82) is 0 Å². The molecule has 80 valence electrons. The summed E-state index contributed by atoms with van der Waals surface area (Å²) < 4.78 is 15.5. The topological polar surface area (TPSA) is 30.2 Å². The van der Waals surface area contributed by atoms with Gasteiger partial charge in [-0.05, 0) is 22.0 Å². The summed E-state index contributed by atoms with van der Waals surface area (Å²) >= 11 is 9.10. The van der Waals surface area contributed by atoms with E-state index in [-0.39, 0.29) is 5.82 Å². The van der Waals surface area contributed by atoms with Crippen LogP contribution in [-0.2, 0) is 0 Å². The third-order valence-corrected chi connectivity index (χ3v) is 3.23. The number of nitrogens with zero attached hydrogens (tertiary/aromatic N) is 3. The summed E-state index contributed by atoms with van der Waals surface area (Å²) in [6.07, 6.45) is 3.24. The molecule has 0 saturated carbocycles. The Labute approximate surface area is 103 Å². The number of imidazole rings is 1. The first kappa shape index (κ1) is 9.99. The Morgan fingerprint density at radius 1 is 1.31 bits per heavy atom. The standard InChI is InChI=1S/C10H4BrClFN3/c11-5-1-8-7(2-6(5)13)15-10(12)9-3-14-4-16(8)9/h1-4H. The van der Waals surface area contributed by atoms with Gasteiger partial charge in [-0.1, -0.05) is 11.6 Å². The molecule has 0 amide bonds. The number of hydrogen-bond acceptors (Lipinski definition) is 2. The summed E-state index contributed by atoms with van der Waals surface area (Å²) in [5.41, 5.74) is 1.95. The summed E-state index contributed by atoms with van der Waals surface area (Å²) in [5, 5.41) is 0.312. The molecule has 2 heterocycles. The second-order valence-corrected chi connectivity index (χ2v) is 4.52. The number of fused-ring (bicyclic) bond motifs is 3. The SMILES string of the molecule is Fc1cc2nc(Cl)c3cncn3c2cc1Br. The second-order valence-electron chi connectivity index (χ2n) is 3.31. The van der Waals surface area contributed by atoms with Gasteiger partial charge in [0.1, 0.15) is 11.3 Å². The molecule has 0 aliphatic rings. The first-order chi connectivity index (χ1) is 7.66. The molecule has 0 spiro atoms. The molecule has 6 heteroatoms. The highest BCUT2D eigenvalue weighted by Crippen LogP contribution is 2.26. The summed E-state index contributed by atoms with van der Waals surface area (Å²) in [7, 11) is 0. The molecule has 0 aliphatic carbocycles. The number of hydrogen-bond donors (Lipinski definition) is 0. The monoisotopic (exact) mass is 299 g/mol. The lowest BCUT2D eigenvalue weighted by molar-refractivity contribution is 0.622. The fourth-order valence-electron chi connectivity index (χ4n) is 1.61. The van der Waals surface area contributed by atoms with Crippen molar-refractivity contribution in [2.24, 2.45) is 0 Å². The van der Waals surface area contributed by atoms with Crippen LogP contribution in [0.2, 0.25) is 5.15 Å². The number of aromatic nitrogens is 3. The van der Waals surface area contributed by atoms with Gasteiger partial charge in [0.25, 0.3) is 0 Å². The molecule has 0 bridgehead atoms. The van der Waals surface area contributed by atoms with E-state index in [4.69, 9.17) is 11.6 Å². The lowest BCUT2D eigenvalue weighted by Gasteiger charge is -2.04. The van der Waals surface area contributed by atoms with Crippen molar-refractivity contribution in [3.8, 4) is 0 Å². The molecule has 0 N–H and O–H groups in total. The van der Waals surface area contributed by atoms with Crippen molar-refractivity contribution in [3.05, 3.63) is 40.1 Å². The predicted octanol–water partition coefficient (Wildman–Crippen LogP) is 3.44. The van der Waals surface area contributed by atoms with Crippen molar-refractivity contribution in [3.63, 3.8) is 0 Å². The van der Waals surface area contributed by atoms with Crippen LogP contribution in [-0.4, -0.2) is 14.4 Å². The van der Waals surface area contributed by atoms with Gasteiger partial charge < -0.3 is 0 Å². The minimum Gasteiger partial charge on any atom is -0.294 e. The zero-order valence-corrected chi connectivity index (χ0v) is 10.1. The highest BCUT2D eigenvalue weighted by molar-refractivity contribution is 9.10. The summed E-state index contributed by atoms with van der Waals surface area (Å²) in [5.74, 6) is -0.365. The van der Waals surface area contributed by atoms with Gasteiger partial charge >= 0.3 is 0 Å². The largest absolute Gasteiger partial charge is 0.294 e. The normalized spacial score (nSPS) is 11.4. The average molecular weight is 301 g/mol. The lowest BCUT2D eigenvalue weighted by atomic mass is 10.3. The molecule has 0 radical (unpaired) electrons. The van der Waals surface area contributed by atoms with E-state index in [0.29, 0.717) is 20.7 Å². The Morgan fingerprint density at radius 3 is 2.94 bits per heavy atom. The first-order valence-electron chi connectivity index (χ1n) is 4.43. The molecule has 0 unspecified atom stereocenters. The molecule has 0 fully saturated rings. The summed E-state index contributed by atoms with van der Waals surface area (Å²) in [4.78, 5) is 8.12. The fourth-order valence-corrected chi connectivity index (χ4v) is 2.17. The van der Waals surface area contributed by atoms with E-state index in [1.807, 2.05) is 0 Å². The van der Waals surface area contributed by atoms with Crippen LogP contribution in [0, 0.1) is 5.82 Å². The maximum absolute atomic E-state index is 13.4. The maximum Gasteiger partial charge on any atom is 0.155 e. The Balaban J connectivity index is 2.59.